The Morgan fingerprint density at radius 2 is 1.71 bits per heavy atom. The molecule has 0 atom stereocenters. The zero-order valence-corrected chi connectivity index (χ0v) is 10.4. The minimum atomic E-state index is -1.07. The summed E-state index contributed by atoms with van der Waals surface area (Å²) in [6.45, 7) is 2.21. The number of nitrogens with zero attached hydrogens (tertiary/aromatic N) is 2. The van der Waals surface area contributed by atoms with E-state index in [-0.39, 0.29) is 5.82 Å². The first kappa shape index (κ1) is 13.6. The fraction of sp³-hybridized carbons (Fsp3) is 0.615. The number of hydrogen-bond donors (Lipinski definition) is 1. The summed E-state index contributed by atoms with van der Waals surface area (Å²) in [5.41, 5.74) is 1.02. The Bertz CT molecular complexity index is 336. The number of rotatable bonds is 8. The van der Waals surface area contributed by atoms with Crippen LogP contribution < -0.4 is 0 Å². The number of aromatic nitrogens is 2. The van der Waals surface area contributed by atoms with Gasteiger partial charge in [-0.15, -0.1) is 0 Å². The van der Waals surface area contributed by atoms with Crippen molar-refractivity contribution < 1.29 is 9.90 Å². The molecule has 17 heavy (non-hydrogen) atoms. The van der Waals surface area contributed by atoms with Crippen LogP contribution in [0.1, 0.15) is 61.6 Å². The third-order valence-electron chi connectivity index (χ3n) is 2.72. The largest absolute Gasteiger partial charge is 0.475 e. The van der Waals surface area contributed by atoms with Gasteiger partial charge in [0.1, 0.15) is 0 Å². The molecule has 0 spiro atoms. The Kier molecular flexibility index (Phi) is 6.22. The predicted molar refractivity (Wildman–Crippen MR) is 66.1 cm³/mol. The van der Waals surface area contributed by atoms with Crippen molar-refractivity contribution in [3.8, 4) is 0 Å². The van der Waals surface area contributed by atoms with Gasteiger partial charge in [0.15, 0.2) is 0 Å². The standard InChI is InChI=1S/C13H20N2O2/c1-2-3-4-5-6-7-8-11-9-14-12(13(16)17)15-10-11/h9-10H,2-8H2,1H3,(H,16,17). The maximum absolute atomic E-state index is 10.5. The molecule has 0 radical (unpaired) electrons. The highest BCUT2D eigenvalue weighted by Crippen LogP contribution is 2.08. The maximum atomic E-state index is 10.5. The van der Waals surface area contributed by atoms with E-state index in [1.165, 1.54) is 32.1 Å². The lowest BCUT2D eigenvalue weighted by Crippen LogP contribution is -2.04. The first-order chi connectivity index (χ1) is 8.24. The summed E-state index contributed by atoms with van der Waals surface area (Å²) in [5, 5.41) is 8.65. The van der Waals surface area contributed by atoms with Crippen molar-refractivity contribution in [2.75, 3.05) is 0 Å². The monoisotopic (exact) mass is 236 g/mol. The van der Waals surface area contributed by atoms with Crippen LogP contribution in [0.2, 0.25) is 0 Å². The SMILES string of the molecule is CCCCCCCCc1cnc(C(=O)O)nc1. The van der Waals surface area contributed by atoms with Gasteiger partial charge in [-0.2, -0.15) is 0 Å². The minimum absolute atomic E-state index is 0.128. The molecule has 1 N–H and O–H groups in total. The van der Waals surface area contributed by atoms with Crippen molar-refractivity contribution in [2.45, 2.75) is 51.9 Å². The molecule has 94 valence electrons. The van der Waals surface area contributed by atoms with E-state index in [0.29, 0.717) is 0 Å². The second-order valence-corrected chi connectivity index (χ2v) is 4.24. The molecule has 0 aliphatic carbocycles. The van der Waals surface area contributed by atoms with Crippen LogP contribution in [0.15, 0.2) is 12.4 Å². The van der Waals surface area contributed by atoms with Crippen LogP contribution in [0.5, 0.6) is 0 Å². The number of carboxylic acid groups (broad SMARTS) is 1. The van der Waals surface area contributed by atoms with Crippen molar-refractivity contribution in [2.24, 2.45) is 0 Å². The van der Waals surface area contributed by atoms with E-state index in [1.807, 2.05) is 0 Å². The molecular formula is C13H20N2O2. The van der Waals surface area contributed by atoms with E-state index >= 15 is 0 Å². The highest BCUT2D eigenvalue weighted by Gasteiger charge is 2.05. The van der Waals surface area contributed by atoms with Crippen LogP contribution in [0.4, 0.5) is 0 Å². The zero-order valence-electron chi connectivity index (χ0n) is 10.4. The first-order valence-electron chi connectivity index (χ1n) is 6.28. The number of aromatic carboxylic acids is 1. The summed E-state index contributed by atoms with van der Waals surface area (Å²) in [6, 6.07) is 0. The van der Waals surface area contributed by atoms with Crippen molar-refractivity contribution in [1.82, 2.24) is 9.97 Å². The third-order valence-corrected chi connectivity index (χ3v) is 2.72. The molecule has 4 heteroatoms. The van der Waals surface area contributed by atoms with Gasteiger partial charge in [-0.25, -0.2) is 14.8 Å². The maximum Gasteiger partial charge on any atom is 0.373 e. The number of aryl methyl sites for hydroxylation is 1. The Hall–Kier alpha value is -1.45. The van der Waals surface area contributed by atoms with E-state index in [9.17, 15) is 4.79 Å². The molecule has 0 amide bonds. The average Bonchev–Trinajstić information content (AvgIpc) is 2.34. The van der Waals surface area contributed by atoms with Gasteiger partial charge in [-0.1, -0.05) is 39.0 Å². The van der Waals surface area contributed by atoms with Gasteiger partial charge in [0.25, 0.3) is 0 Å². The summed E-state index contributed by atoms with van der Waals surface area (Å²) < 4.78 is 0. The van der Waals surface area contributed by atoms with Gasteiger partial charge in [0.05, 0.1) is 0 Å². The lowest BCUT2D eigenvalue weighted by atomic mass is 10.1. The number of hydrogen-bond acceptors (Lipinski definition) is 3. The normalized spacial score (nSPS) is 10.4. The zero-order chi connectivity index (χ0) is 12.5. The van der Waals surface area contributed by atoms with E-state index < -0.39 is 5.97 Å². The lowest BCUT2D eigenvalue weighted by Gasteiger charge is -2.01. The summed E-state index contributed by atoms with van der Waals surface area (Å²) in [6.07, 6.45) is 11.7. The fourth-order valence-electron chi connectivity index (χ4n) is 1.70. The van der Waals surface area contributed by atoms with Crippen LogP contribution in [-0.4, -0.2) is 21.0 Å². The van der Waals surface area contributed by atoms with Crippen molar-refractivity contribution in [3.05, 3.63) is 23.8 Å². The highest BCUT2D eigenvalue weighted by molar-refractivity contribution is 5.82. The van der Waals surface area contributed by atoms with Crippen molar-refractivity contribution >= 4 is 5.97 Å². The van der Waals surface area contributed by atoms with Gasteiger partial charge < -0.3 is 5.11 Å². The Balaban J connectivity index is 2.21. The summed E-state index contributed by atoms with van der Waals surface area (Å²) in [4.78, 5) is 18.1. The lowest BCUT2D eigenvalue weighted by molar-refractivity contribution is 0.0683. The second kappa shape index (κ2) is 7.76. The number of unbranched alkanes of at least 4 members (excludes halogenated alkanes) is 5. The van der Waals surface area contributed by atoms with Crippen LogP contribution in [0.3, 0.4) is 0 Å². The fourth-order valence-corrected chi connectivity index (χ4v) is 1.70. The van der Waals surface area contributed by atoms with Gasteiger partial charge >= 0.3 is 5.97 Å². The molecule has 1 aromatic rings. The molecule has 0 unspecified atom stereocenters. The molecule has 0 aliphatic heterocycles. The van der Waals surface area contributed by atoms with E-state index in [4.69, 9.17) is 5.11 Å². The Labute approximate surface area is 102 Å². The number of carboxylic acids is 1. The summed E-state index contributed by atoms with van der Waals surface area (Å²) >= 11 is 0. The number of carbonyl (C=O) groups is 1. The molecule has 1 rings (SSSR count). The average molecular weight is 236 g/mol. The van der Waals surface area contributed by atoms with Crippen LogP contribution >= 0.6 is 0 Å². The van der Waals surface area contributed by atoms with E-state index in [1.54, 1.807) is 12.4 Å². The molecule has 4 nitrogen and oxygen atoms in total. The molecule has 0 aliphatic rings. The van der Waals surface area contributed by atoms with Gasteiger partial charge in [-0.3, -0.25) is 0 Å². The highest BCUT2D eigenvalue weighted by atomic mass is 16.4. The van der Waals surface area contributed by atoms with Gasteiger partial charge in [0, 0.05) is 12.4 Å². The molecule has 1 aromatic heterocycles. The second-order valence-electron chi connectivity index (χ2n) is 4.24. The van der Waals surface area contributed by atoms with Crippen LogP contribution in [0.25, 0.3) is 0 Å². The molecule has 0 saturated heterocycles. The predicted octanol–water partition coefficient (Wildman–Crippen LogP) is 3.08. The molecule has 0 saturated carbocycles. The molecule has 0 fully saturated rings. The van der Waals surface area contributed by atoms with Crippen molar-refractivity contribution in [1.29, 1.82) is 0 Å². The minimum Gasteiger partial charge on any atom is -0.475 e. The molecule has 0 bridgehead atoms. The van der Waals surface area contributed by atoms with Gasteiger partial charge in [-0.05, 0) is 18.4 Å². The van der Waals surface area contributed by atoms with E-state index in [0.717, 1.165) is 18.4 Å². The molecular weight excluding hydrogens is 216 g/mol. The van der Waals surface area contributed by atoms with Crippen molar-refractivity contribution in [3.63, 3.8) is 0 Å². The van der Waals surface area contributed by atoms with Gasteiger partial charge in [0.2, 0.25) is 5.82 Å². The smallest absolute Gasteiger partial charge is 0.373 e. The summed E-state index contributed by atoms with van der Waals surface area (Å²) in [5.74, 6) is -1.20. The van der Waals surface area contributed by atoms with Crippen LogP contribution in [-0.2, 0) is 6.42 Å². The van der Waals surface area contributed by atoms with E-state index in [2.05, 4.69) is 16.9 Å². The Morgan fingerprint density at radius 1 is 1.12 bits per heavy atom. The summed E-state index contributed by atoms with van der Waals surface area (Å²) in [7, 11) is 0. The Morgan fingerprint density at radius 3 is 2.29 bits per heavy atom. The first-order valence-corrected chi connectivity index (χ1v) is 6.28. The third kappa shape index (κ3) is 5.43. The molecule has 1 heterocycles. The molecule has 0 aromatic carbocycles. The van der Waals surface area contributed by atoms with Crippen LogP contribution in [0, 0.1) is 0 Å². The quantitative estimate of drug-likeness (QED) is 0.704. The topological polar surface area (TPSA) is 63.1 Å².